The molecule has 0 fully saturated rings. The molecule has 14 heavy (non-hydrogen) atoms. The average molecular weight is 201 g/mol. The van der Waals surface area contributed by atoms with Crippen LogP contribution >= 0.6 is 11.3 Å². The Bertz CT molecular complexity index is 461. The molecule has 1 aromatic heterocycles. The Balaban J connectivity index is 2.40. The highest BCUT2D eigenvalue weighted by atomic mass is 32.1. The normalized spacial score (nSPS) is 11.2. The number of hydrogen-bond acceptors (Lipinski definition) is 2. The molecule has 2 aromatic rings. The minimum atomic E-state index is 0.974. The fourth-order valence-corrected chi connectivity index (χ4v) is 2.11. The smallest absolute Gasteiger partial charge is 0.117 e. The van der Waals surface area contributed by atoms with Crippen molar-refractivity contribution in [2.45, 2.75) is 6.92 Å². The summed E-state index contributed by atoms with van der Waals surface area (Å²) in [5, 5.41) is 2.29. The maximum absolute atomic E-state index is 4.34. The van der Waals surface area contributed by atoms with Crippen LogP contribution < -0.4 is 0 Å². The van der Waals surface area contributed by atoms with Crippen LogP contribution in [0.15, 0.2) is 47.5 Å². The van der Waals surface area contributed by atoms with Gasteiger partial charge in [0.05, 0.1) is 0 Å². The summed E-state index contributed by atoms with van der Waals surface area (Å²) in [6.07, 6.45) is 1.80. The van der Waals surface area contributed by atoms with E-state index in [9.17, 15) is 0 Å². The lowest BCUT2D eigenvalue weighted by molar-refractivity contribution is 1.59. The van der Waals surface area contributed by atoms with Crippen molar-refractivity contribution in [3.8, 4) is 0 Å². The molecule has 0 spiro atoms. The SMILES string of the molecule is C=C(C)/C=N/c1cc2ccccc2s1. The second-order valence-corrected chi connectivity index (χ2v) is 4.29. The molecule has 0 unspecified atom stereocenters. The van der Waals surface area contributed by atoms with E-state index in [-0.39, 0.29) is 0 Å². The molecule has 0 aliphatic carbocycles. The van der Waals surface area contributed by atoms with Gasteiger partial charge >= 0.3 is 0 Å². The third kappa shape index (κ3) is 1.91. The van der Waals surface area contributed by atoms with E-state index < -0.39 is 0 Å². The molecule has 0 radical (unpaired) electrons. The van der Waals surface area contributed by atoms with Crippen molar-refractivity contribution in [2.24, 2.45) is 4.99 Å². The summed E-state index contributed by atoms with van der Waals surface area (Å²) in [5.74, 6) is 0. The maximum Gasteiger partial charge on any atom is 0.117 e. The summed E-state index contributed by atoms with van der Waals surface area (Å²) < 4.78 is 1.28. The quantitative estimate of drug-likeness (QED) is 0.646. The van der Waals surface area contributed by atoms with E-state index in [2.05, 4.69) is 29.8 Å². The van der Waals surface area contributed by atoms with Crippen LogP contribution in [0.25, 0.3) is 10.1 Å². The first-order valence-corrected chi connectivity index (χ1v) is 5.25. The molecule has 2 rings (SSSR count). The van der Waals surface area contributed by atoms with Crippen LogP contribution in [0.4, 0.5) is 5.00 Å². The molecule has 1 heterocycles. The fraction of sp³-hybridized carbons (Fsp3) is 0.0833. The summed E-state index contributed by atoms with van der Waals surface area (Å²) >= 11 is 1.70. The van der Waals surface area contributed by atoms with Crippen LogP contribution in [0.3, 0.4) is 0 Å². The molecular formula is C12H11NS. The highest BCUT2D eigenvalue weighted by molar-refractivity contribution is 7.22. The largest absolute Gasteiger partial charge is 0.246 e. The van der Waals surface area contributed by atoms with Crippen molar-refractivity contribution in [3.63, 3.8) is 0 Å². The van der Waals surface area contributed by atoms with E-state index in [0.717, 1.165) is 10.6 Å². The molecule has 70 valence electrons. The molecule has 0 saturated heterocycles. The monoisotopic (exact) mass is 201 g/mol. The second kappa shape index (κ2) is 3.76. The molecular weight excluding hydrogens is 190 g/mol. The van der Waals surface area contributed by atoms with E-state index in [4.69, 9.17) is 0 Å². The van der Waals surface area contributed by atoms with Gasteiger partial charge in [-0.3, -0.25) is 0 Å². The molecule has 0 saturated carbocycles. The van der Waals surface area contributed by atoms with Crippen molar-refractivity contribution < 1.29 is 0 Å². The molecule has 2 heteroatoms. The van der Waals surface area contributed by atoms with Gasteiger partial charge in [-0.2, -0.15) is 0 Å². The van der Waals surface area contributed by atoms with E-state index in [1.165, 1.54) is 10.1 Å². The van der Waals surface area contributed by atoms with E-state index >= 15 is 0 Å². The Morgan fingerprint density at radius 2 is 2.21 bits per heavy atom. The first kappa shape index (κ1) is 9.16. The van der Waals surface area contributed by atoms with Gasteiger partial charge in [-0.1, -0.05) is 24.8 Å². The average Bonchev–Trinajstić information content (AvgIpc) is 2.57. The first-order chi connectivity index (χ1) is 6.75. The zero-order chi connectivity index (χ0) is 9.97. The van der Waals surface area contributed by atoms with Gasteiger partial charge in [0, 0.05) is 10.9 Å². The van der Waals surface area contributed by atoms with Gasteiger partial charge in [-0.15, -0.1) is 11.3 Å². The molecule has 0 aliphatic heterocycles. The Hall–Kier alpha value is -1.41. The second-order valence-electron chi connectivity index (χ2n) is 3.23. The summed E-state index contributed by atoms with van der Waals surface area (Å²) in [6, 6.07) is 10.4. The first-order valence-electron chi connectivity index (χ1n) is 4.44. The van der Waals surface area contributed by atoms with Gasteiger partial charge in [0.2, 0.25) is 0 Å². The Morgan fingerprint density at radius 3 is 2.93 bits per heavy atom. The molecule has 1 aromatic carbocycles. The van der Waals surface area contributed by atoms with Gasteiger partial charge in [-0.05, 0) is 30.0 Å². The maximum atomic E-state index is 4.34. The van der Waals surface area contributed by atoms with E-state index in [1.54, 1.807) is 17.6 Å². The van der Waals surface area contributed by atoms with Crippen LogP contribution in [0.5, 0.6) is 0 Å². The van der Waals surface area contributed by atoms with Gasteiger partial charge in [0.1, 0.15) is 5.00 Å². The van der Waals surface area contributed by atoms with Crippen molar-refractivity contribution in [1.29, 1.82) is 0 Å². The zero-order valence-electron chi connectivity index (χ0n) is 8.03. The Morgan fingerprint density at radius 1 is 1.43 bits per heavy atom. The summed E-state index contributed by atoms with van der Waals surface area (Å²) in [5.41, 5.74) is 0.974. The third-order valence-corrected chi connectivity index (χ3v) is 2.85. The number of nitrogens with zero attached hydrogens (tertiary/aromatic N) is 1. The summed E-state index contributed by atoms with van der Waals surface area (Å²) in [6.45, 7) is 5.72. The van der Waals surface area contributed by atoms with Crippen LogP contribution in [0.1, 0.15) is 6.92 Å². The number of aliphatic imine (C=N–C) groups is 1. The Kier molecular flexibility index (Phi) is 2.46. The predicted octanol–water partition coefficient (Wildman–Crippen LogP) is 4.18. The van der Waals surface area contributed by atoms with Crippen LogP contribution in [-0.4, -0.2) is 6.21 Å². The fourth-order valence-electron chi connectivity index (χ4n) is 1.21. The van der Waals surface area contributed by atoms with Crippen molar-refractivity contribution in [1.82, 2.24) is 0 Å². The van der Waals surface area contributed by atoms with E-state index in [1.807, 2.05) is 19.1 Å². The lowest BCUT2D eigenvalue weighted by Crippen LogP contribution is -1.69. The topological polar surface area (TPSA) is 12.4 Å². The lowest BCUT2D eigenvalue weighted by Gasteiger charge is -1.83. The number of fused-ring (bicyclic) bond motifs is 1. The highest BCUT2D eigenvalue weighted by Gasteiger charge is 1.97. The number of thiophene rings is 1. The molecule has 1 nitrogen and oxygen atoms in total. The van der Waals surface area contributed by atoms with Gasteiger partial charge < -0.3 is 0 Å². The minimum absolute atomic E-state index is 0.974. The molecule has 0 N–H and O–H groups in total. The number of rotatable bonds is 2. The van der Waals surface area contributed by atoms with Crippen molar-refractivity contribution >= 4 is 32.6 Å². The Labute approximate surface area is 87.4 Å². The van der Waals surface area contributed by atoms with Crippen LogP contribution in [0, 0.1) is 0 Å². The standard InChI is InChI=1S/C12H11NS/c1-9(2)8-13-12-7-10-5-3-4-6-11(10)14-12/h3-8H,1H2,2H3/b13-8+. The van der Waals surface area contributed by atoms with Gasteiger partial charge in [-0.25, -0.2) is 4.99 Å². The minimum Gasteiger partial charge on any atom is -0.246 e. The third-order valence-electron chi connectivity index (χ3n) is 1.82. The number of hydrogen-bond donors (Lipinski definition) is 0. The van der Waals surface area contributed by atoms with Gasteiger partial charge in [0.15, 0.2) is 0 Å². The molecule has 0 bridgehead atoms. The predicted molar refractivity (Wildman–Crippen MR) is 64.8 cm³/mol. The van der Waals surface area contributed by atoms with Gasteiger partial charge in [0.25, 0.3) is 0 Å². The van der Waals surface area contributed by atoms with Crippen LogP contribution in [0.2, 0.25) is 0 Å². The molecule has 0 amide bonds. The molecule has 0 atom stereocenters. The summed E-state index contributed by atoms with van der Waals surface area (Å²) in [4.78, 5) is 4.34. The zero-order valence-corrected chi connectivity index (χ0v) is 8.84. The summed E-state index contributed by atoms with van der Waals surface area (Å²) in [7, 11) is 0. The number of allylic oxidation sites excluding steroid dienone is 1. The molecule has 0 aliphatic rings. The van der Waals surface area contributed by atoms with Crippen molar-refractivity contribution in [3.05, 3.63) is 42.5 Å². The van der Waals surface area contributed by atoms with E-state index in [0.29, 0.717) is 0 Å². The van der Waals surface area contributed by atoms with Crippen LogP contribution in [-0.2, 0) is 0 Å². The lowest BCUT2D eigenvalue weighted by atomic mass is 10.3. The van der Waals surface area contributed by atoms with Crippen molar-refractivity contribution in [2.75, 3.05) is 0 Å². The highest BCUT2D eigenvalue weighted by Crippen LogP contribution is 2.31. The number of benzene rings is 1.